The number of amides is 2. The van der Waals surface area contributed by atoms with Crippen molar-refractivity contribution in [3.63, 3.8) is 0 Å². The zero-order chi connectivity index (χ0) is 14.2. The van der Waals surface area contributed by atoms with Gasteiger partial charge in [0.2, 0.25) is 11.8 Å². The normalized spacial score (nSPS) is 22.3. The second-order valence-electron chi connectivity index (χ2n) is 5.97. The molecule has 1 spiro atoms. The number of pyridine rings is 1. The fraction of sp³-hybridized carbons (Fsp3) is 0.533. The Balaban J connectivity index is 1.88. The summed E-state index contributed by atoms with van der Waals surface area (Å²) < 4.78 is 0. The Hall–Kier alpha value is -1.91. The fourth-order valence-electron chi connectivity index (χ4n) is 3.53. The number of anilines is 2. The molecule has 0 atom stereocenters. The van der Waals surface area contributed by atoms with Crippen molar-refractivity contribution < 1.29 is 9.59 Å². The Morgan fingerprint density at radius 1 is 1.10 bits per heavy atom. The third-order valence-corrected chi connectivity index (χ3v) is 4.53. The van der Waals surface area contributed by atoms with E-state index < -0.39 is 0 Å². The van der Waals surface area contributed by atoms with Gasteiger partial charge in [-0.1, -0.05) is 19.3 Å². The van der Waals surface area contributed by atoms with E-state index in [0.29, 0.717) is 24.2 Å². The van der Waals surface area contributed by atoms with Crippen LogP contribution >= 0.6 is 0 Å². The lowest BCUT2D eigenvalue weighted by Crippen LogP contribution is -2.49. The average Bonchev–Trinajstić information content (AvgIpc) is 2.41. The minimum atomic E-state index is -0.124. The van der Waals surface area contributed by atoms with Gasteiger partial charge in [0, 0.05) is 19.0 Å². The van der Waals surface area contributed by atoms with Crippen LogP contribution in [0.4, 0.5) is 11.4 Å². The van der Waals surface area contributed by atoms with Crippen LogP contribution < -0.4 is 10.6 Å². The SMILES string of the molecule is Nc1cnccc1N1C(=O)CC2(CCCCC2)CC1=O. The van der Waals surface area contributed by atoms with E-state index in [9.17, 15) is 9.59 Å². The molecule has 1 aliphatic carbocycles. The number of carbonyl (C=O) groups excluding carboxylic acids is 2. The van der Waals surface area contributed by atoms with Crippen LogP contribution in [0.3, 0.4) is 0 Å². The predicted molar refractivity (Wildman–Crippen MR) is 75.9 cm³/mol. The van der Waals surface area contributed by atoms with Crippen molar-refractivity contribution in [2.45, 2.75) is 44.9 Å². The molecule has 0 unspecified atom stereocenters. The molecule has 2 fully saturated rings. The first-order chi connectivity index (χ1) is 9.61. The van der Waals surface area contributed by atoms with Crippen molar-refractivity contribution in [2.24, 2.45) is 5.41 Å². The highest BCUT2D eigenvalue weighted by Crippen LogP contribution is 2.46. The van der Waals surface area contributed by atoms with E-state index in [1.165, 1.54) is 17.5 Å². The maximum atomic E-state index is 12.5. The molecule has 1 aromatic rings. The van der Waals surface area contributed by atoms with Gasteiger partial charge in [-0.2, -0.15) is 0 Å². The summed E-state index contributed by atoms with van der Waals surface area (Å²) in [7, 11) is 0. The van der Waals surface area contributed by atoms with Gasteiger partial charge >= 0.3 is 0 Å². The molecule has 5 heteroatoms. The van der Waals surface area contributed by atoms with E-state index >= 15 is 0 Å². The fourth-order valence-corrected chi connectivity index (χ4v) is 3.53. The highest BCUT2D eigenvalue weighted by Gasteiger charge is 2.44. The van der Waals surface area contributed by atoms with Crippen LogP contribution in [-0.4, -0.2) is 16.8 Å². The Bertz CT molecular complexity index is 530. The molecule has 0 bridgehead atoms. The predicted octanol–water partition coefficient (Wildman–Crippen LogP) is 2.27. The minimum absolute atomic E-state index is 0.0926. The van der Waals surface area contributed by atoms with Gasteiger partial charge in [0.25, 0.3) is 0 Å². The first-order valence-corrected chi connectivity index (χ1v) is 7.17. The molecule has 0 aromatic carbocycles. The Labute approximate surface area is 118 Å². The number of nitrogen functional groups attached to an aromatic ring is 1. The van der Waals surface area contributed by atoms with E-state index in [1.807, 2.05) is 0 Å². The van der Waals surface area contributed by atoms with E-state index in [2.05, 4.69) is 4.98 Å². The van der Waals surface area contributed by atoms with Gasteiger partial charge in [-0.25, -0.2) is 4.90 Å². The number of hydrogen-bond donors (Lipinski definition) is 1. The summed E-state index contributed by atoms with van der Waals surface area (Å²) in [6.45, 7) is 0. The van der Waals surface area contributed by atoms with Gasteiger partial charge in [0.15, 0.2) is 0 Å². The van der Waals surface area contributed by atoms with Gasteiger partial charge in [0.1, 0.15) is 0 Å². The Morgan fingerprint density at radius 3 is 2.35 bits per heavy atom. The van der Waals surface area contributed by atoms with Crippen LogP contribution in [0.25, 0.3) is 0 Å². The summed E-state index contributed by atoms with van der Waals surface area (Å²) in [5.74, 6) is -0.248. The van der Waals surface area contributed by atoms with Gasteiger partial charge in [-0.3, -0.25) is 14.6 Å². The number of hydrogen-bond acceptors (Lipinski definition) is 4. The number of nitrogens with two attached hydrogens (primary N) is 1. The summed E-state index contributed by atoms with van der Waals surface area (Å²) >= 11 is 0. The zero-order valence-electron chi connectivity index (χ0n) is 11.5. The molecule has 2 N–H and O–H groups in total. The quantitative estimate of drug-likeness (QED) is 0.796. The van der Waals surface area contributed by atoms with Crippen LogP contribution in [0.5, 0.6) is 0 Å². The van der Waals surface area contributed by atoms with E-state index in [-0.39, 0.29) is 17.2 Å². The molecular weight excluding hydrogens is 254 g/mol. The number of piperidine rings is 1. The van der Waals surface area contributed by atoms with Crippen LogP contribution in [-0.2, 0) is 9.59 Å². The molecule has 1 saturated carbocycles. The van der Waals surface area contributed by atoms with E-state index in [1.54, 1.807) is 12.3 Å². The Morgan fingerprint density at radius 2 is 1.75 bits per heavy atom. The minimum Gasteiger partial charge on any atom is -0.396 e. The van der Waals surface area contributed by atoms with Crippen LogP contribution in [0.2, 0.25) is 0 Å². The third kappa shape index (κ3) is 2.17. The first-order valence-electron chi connectivity index (χ1n) is 7.17. The van der Waals surface area contributed by atoms with E-state index in [4.69, 9.17) is 5.73 Å². The van der Waals surface area contributed by atoms with Crippen molar-refractivity contribution in [1.82, 2.24) is 4.98 Å². The van der Waals surface area contributed by atoms with Crippen LogP contribution in [0.15, 0.2) is 18.5 Å². The van der Waals surface area contributed by atoms with Gasteiger partial charge in [-0.05, 0) is 24.3 Å². The monoisotopic (exact) mass is 273 g/mol. The third-order valence-electron chi connectivity index (χ3n) is 4.53. The molecule has 1 aromatic heterocycles. The molecule has 1 saturated heterocycles. The standard InChI is InChI=1S/C15H19N3O2/c16-11-10-17-7-4-12(11)18-13(19)8-15(9-14(18)20)5-2-1-3-6-15/h4,7,10H,1-3,5-6,8-9,16H2. The van der Waals surface area contributed by atoms with Gasteiger partial charge < -0.3 is 5.73 Å². The summed E-state index contributed by atoms with van der Waals surface area (Å²) in [4.78, 5) is 30.1. The van der Waals surface area contributed by atoms with Gasteiger partial charge in [-0.15, -0.1) is 0 Å². The molecule has 5 nitrogen and oxygen atoms in total. The average molecular weight is 273 g/mol. The van der Waals surface area contributed by atoms with Crippen molar-refractivity contribution in [1.29, 1.82) is 0 Å². The molecule has 1 aliphatic heterocycles. The molecule has 0 radical (unpaired) electrons. The summed E-state index contributed by atoms with van der Waals surface area (Å²) in [6, 6.07) is 1.63. The lowest BCUT2D eigenvalue weighted by atomic mass is 9.67. The number of nitrogens with zero attached hydrogens (tertiary/aromatic N) is 2. The lowest BCUT2D eigenvalue weighted by Gasteiger charge is -2.42. The second kappa shape index (κ2) is 4.89. The highest BCUT2D eigenvalue weighted by atomic mass is 16.2. The smallest absolute Gasteiger partial charge is 0.234 e. The maximum Gasteiger partial charge on any atom is 0.234 e. The summed E-state index contributed by atoms with van der Waals surface area (Å²) in [5.41, 5.74) is 6.59. The maximum absolute atomic E-state index is 12.5. The molecule has 106 valence electrons. The molecule has 2 aliphatic rings. The van der Waals surface area contributed by atoms with Crippen LogP contribution in [0.1, 0.15) is 44.9 Å². The Kier molecular flexibility index (Phi) is 3.20. The molecular formula is C15H19N3O2. The zero-order valence-corrected chi connectivity index (χ0v) is 11.5. The van der Waals surface area contributed by atoms with Crippen molar-refractivity contribution in [2.75, 3.05) is 10.6 Å². The van der Waals surface area contributed by atoms with Gasteiger partial charge in [0.05, 0.1) is 17.6 Å². The summed E-state index contributed by atoms with van der Waals surface area (Å²) in [5, 5.41) is 0. The summed E-state index contributed by atoms with van der Waals surface area (Å²) in [6.07, 6.45) is 9.38. The highest BCUT2D eigenvalue weighted by molar-refractivity contribution is 6.18. The number of carbonyl (C=O) groups is 2. The molecule has 2 heterocycles. The lowest BCUT2D eigenvalue weighted by molar-refractivity contribution is -0.134. The number of rotatable bonds is 1. The largest absolute Gasteiger partial charge is 0.396 e. The van der Waals surface area contributed by atoms with Crippen molar-refractivity contribution >= 4 is 23.2 Å². The van der Waals surface area contributed by atoms with Crippen molar-refractivity contribution in [3.8, 4) is 0 Å². The van der Waals surface area contributed by atoms with E-state index in [0.717, 1.165) is 25.7 Å². The number of imide groups is 1. The topological polar surface area (TPSA) is 76.3 Å². The molecule has 3 rings (SSSR count). The molecule has 2 amide bonds. The first kappa shape index (κ1) is 13.1. The van der Waals surface area contributed by atoms with Crippen LogP contribution in [0, 0.1) is 5.41 Å². The number of aromatic nitrogens is 1. The molecule has 20 heavy (non-hydrogen) atoms. The second-order valence-corrected chi connectivity index (χ2v) is 5.97. The van der Waals surface area contributed by atoms with Crippen molar-refractivity contribution in [3.05, 3.63) is 18.5 Å².